The Labute approximate surface area is 165 Å². The molecule has 150 valence electrons. The summed E-state index contributed by atoms with van der Waals surface area (Å²) in [7, 11) is 3.04. The van der Waals surface area contributed by atoms with E-state index in [0.717, 1.165) is 0 Å². The van der Waals surface area contributed by atoms with Crippen molar-refractivity contribution in [1.82, 2.24) is 5.32 Å². The van der Waals surface area contributed by atoms with Crippen molar-refractivity contribution >= 4 is 17.7 Å². The SMILES string of the molecule is COc1cccc(C(NC(=O)Nc2ccccc2OC)C(=O)OC(C)(C)C)c1. The van der Waals surface area contributed by atoms with Crippen LogP contribution in [0.25, 0.3) is 0 Å². The summed E-state index contributed by atoms with van der Waals surface area (Å²) in [5, 5.41) is 5.36. The molecule has 7 nitrogen and oxygen atoms in total. The highest BCUT2D eigenvalue weighted by molar-refractivity contribution is 5.94. The number of benzene rings is 2. The standard InChI is InChI=1S/C21H26N2O5/c1-21(2,3)28-19(24)18(14-9-8-10-15(13-14)26-4)23-20(25)22-16-11-6-7-12-17(16)27-5/h6-13,18H,1-5H3,(H2,22,23,25). The van der Waals surface area contributed by atoms with Crippen LogP contribution in [0, 0.1) is 0 Å². The molecule has 0 saturated carbocycles. The fraction of sp³-hybridized carbons (Fsp3) is 0.333. The number of nitrogens with one attached hydrogen (secondary N) is 2. The maximum atomic E-state index is 12.7. The monoisotopic (exact) mass is 386 g/mol. The van der Waals surface area contributed by atoms with Gasteiger partial charge >= 0.3 is 12.0 Å². The van der Waals surface area contributed by atoms with Gasteiger partial charge in [-0.15, -0.1) is 0 Å². The van der Waals surface area contributed by atoms with Crippen molar-refractivity contribution in [3.05, 3.63) is 54.1 Å². The Morgan fingerprint density at radius 3 is 2.32 bits per heavy atom. The fourth-order valence-corrected chi connectivity index (χ4v) is 2.50. The third-order valence-electron chi connectivity index (χ3n) is 3.70. The lowest BCUT2D eigenvalue weighted by atomic mass is 10.1. The molecule has 1 unspecified atom stereocenters. The van der Waals surface area contributed by atoms with E-state index in [-0.39, 0.29) is 0 Å². The first-order valence-electron chi connectivity index (χ1n) is 8.81. The van der Waals surface area contributed by atoms with Crippen LogP contribution in [0.2, 0.25) is 0 Å². The highest BCUT2D eigenvalue weighted by Gasteiger charge is 2.28. The van der Waals surface area contributed by atoms with Crippen molar-refractivity contribution in [3.63, 3.8) is 0 Å². The summed E-state index contributed by atoms with van der Waals surface area (Å²) in [5.74, 6) is 0.502. The van der Waals surface area contributed by atoms with Gasteiger partial charge in [0.25, 0.3) is 0 Å². The lowest BCUT2D eigenvalue weighted by Crippen LogP contribution is -2.40. The van der Waals surface area contributed by atoms with E-state index in [2.05, 4.69) is 10.6 Å². The van der Waals surface area contributed by atoms with Gasteiger partial charge in [-0.2, -0.15) is 0 Å². The molecule has 0 fully saturated rings. The lowest BCUT2D eigenvalue weighted by Gasteiger charge is -2.25. The zero-order chi connectivity index (χ0) is 20.7. The molecule has 2 N–H and O–H groups in total. The van der Waals surface area contributed by atoms with Gasteiger partial charge in [0, 0.05) is 0 Å². The highest BCUT2D eigenvalue weighted by Crippen LogP contribution is 2.25. The van der Waals surface area contributed by atoms with Crippen LogP contribution in [0.15, 0.2) is 48.5 Å². The van der Waals surface area contributed by atoms with Crippen molar-refractivity contribution < 1.29 is 23.8 Å². The van der Waals surface area contributed by atoms with E-state index in [1.807, 2.05) is 0 Å². The Kier molecular flexibility index (Phi) is 6.87. The van der Waals surface area contributed by atoms with Gasteiger partial charge < -0.3 is 24.8 Å². The van der Waals surface area contributed by atoms with E-state index >= 15 is 0 Å². The van der Waals surface area contributed by atoms with Gasteiger partial charge in [0.05, 0.1) is 19.9 Å². The summed E-state index contributed by atoms with van der Waals surface area (Å²) in [6.45, 7) is 5.30. The van der Waals surface area contributed by atoms with Crippen molar-refractivity contribution in [2.75, 3.05) is 19.5 Å². The predicted octanol–water partition coefficient (Wildman–Crippen LogP) is 3.91. The number of hydrogen-bond acceptors (Lipinski definition) is 5. The lowest BCUT2D eigenvalue weighted by molar-refractivity contribution is -0.157. The van der Waals surface area contributed by atoms with Gasteiger partial charge in [0.2, 0.25) is 0 Å². The number of para-hydroxylation sites is 2. The minimum atomic E-state index is -1.01. The third kappa shape index (κ3) is 5.90. The summed E-state index contributed by atoms with van der Waals surface area (Å²) in [6.07, 6.45) is 0. The van der Waals surface area contributed by atoms with E-state index < -0.39 is 23.6 Å². The Bertz CT molecular complexity index is 830. The Hall–Kier alpha value is -3.22. The first kappa shape index (κ1) is 21.1. The summed E-state index contributed by atoms with van der Waals surface area (Å²) in [6, 6.07) is 12.3. The van der Waals surface area contributed by atoms with Crippen LogP contribution in [0.1, 0.15) is 32.4 Å². The number of anilines is 1. The molecule has 0 spiro atoms. The molecule has 0 radical (unpaired) electrons. The van der Waals surface area contributed by atoms with E-state index in [0.29, 0.717) is 22.7 Å². The quantitative estimate of drug-likeness (QED) is 0.735. The molecular weight excluding hydrogens is 360 g/mol. The summed E-state index contributed by atoms with van der Waals surface area (Å²) >= 11 is 0. The molecule has 0 saturated heterocycles. The smallest absolute Gasteiger partial charge is 0.333 e. The number of methoxy groups -OCH3 is 2. The second-order valence-corrected chi connectivity index (χ2v) is 7.04. The molecule has 0 aliphatic heterocycles. The minimum Gasteiger partial charge on any atom is -0.497 e. The fourth-order valence-electron chi connectivity index (χ4n) is 2.50. The van der Waals surface area contributed by atoms with Crippen LogP contribution >= 0.6 is 0 Å². The van der Waals surface area contributed by atoms with Crippen LogP contribution in [0.4, 0.5) is 10.5 Å². The number of carbonyl (C=O) groups excluding carboxylic acids is 2. The topological polar surface area (TPSA) is 85.9 Å². The van der Waals surface area contributed by atoms with Crippen LogP contribution in [-0.2, 0) is 9.53 Å². The van der Waals surface area contributed by atoms with Crippen LogP contribution in [0.3, 0.4) is 0 Å². The third-order valence-corrected chi connectivity index (χ3v) is 3.70. The van der Waals surface area contributed by atoms with Crippen LogP contribution in [0.5, 0.6) is 11.5 Å². The largest absolute Gasteiger partial charge is 0.497 e. The highest BCUT2D eigenvalue weighted by atomic mass is 16.6. The molecule has 7 heteroatoms. The number of ether oxygens (including phenoxy) is 3. The normalized spacial score (nSPS) is 11.9. The van der Waals surface area contributed by atoms with Crippen molar-refractivity contribution in [2.45, 2.75) is 32.4 Å². The second-order valence-electron chi connectivity index (χ2n) is 7.04. The molecule has 0 aliphatic rings. The zero-order valence-corrected chi connectivity index (χ0v) is 16.7. The Balaban J connectivity index is 2.25. The van der Waals surface area contributed by atoms with Crippen molar-refractivity contribution in [2.24, 2.45) is 0 Å². The minimum absolute atomic E-state index is 0.482. The van der Waals surface area contributed by atoms with Gasteiger partial charge in [-0.25, -0.2) is 9.59 Å². The number of amides is 2. The number of carbonyl (C=O) groups is 2. The molecular formula is C21H26N2O5. The van der Waals surface area contributed by atoms with Crippen LogP contribution in [-0.4, -0.2) is 31.8 Å². The zero-order valence-electron chi connectivity index (χ0n) is 16.7. The average molecular weight is 386 g/mol. The summed E-state index contributed by atoms with van der Waals surface area (Å²) in [4.78, 5) is 25.3. The molecule has 28 heavy (non-hydrogen) atoms. The van der Waals surface area contributed by atoms with Gasteiger partial charge in [-0.3, -0.25) is 0 Å². The first-order valence-corrected chi connectivity index (χ1v) is 8.81. The molecule has 2 rings (SSSR count). The number of esters is 1. The Morgan fingerprint density at radius 1 is 0.964 bits per heavy atom. The second kappa shape index (κ2) is 9.12. The molecule has 1 atom stereocenters. The maximum absolute atomic E-state index is 12.7. The number of hydrogen-bond donors (Lipinski definition) is 2. The molecule has 2 aromatic carbocycles. The van der Waals surface area contributed by atoms with Gasteiger partial charge in [-0.1, -0.05) is 24.3 Å². The summed E-state index contributed by atoms with van der Waals surface area (Å²) < 4.78 is 15.9. The van der Waals surface area contributed by atoms with Gasteiger partial charge in [0.15, 0.2) is 6.04 Å². The first-order chi connectivity index (χ1) is 13.2. The molecule has 0 heterocycles. The van der Waals surface area contributed by atoms with E-state index in [9.17, 15) is 9.59 Å². The van der Waals surface area contributed by atoms with Crippen LogP contribution < -0.4 is 20.1 Å². The van der Waals surface area contributed by atoms with Crippen molar-refractivity contribution in [1.29, 1.82) is 0 Å². The maximum Gasteiger partial charge on any atom is 0.333 e. The van der Waals surface area contributed by atoms with E-state index in [1.54, 1.807) is 69.3 Å². The predicted molar refractivity (Wildman–Crippen MR) is 107 cm³/mol. The summed E-state index contributed by atoms with van der Waals surface area (Å²) in [5.41, 5.74) is 0.328. The number of urea groups is 1. The molecule has 2 amide bonds. The molecule has 0 aromatic heterocycles. The molecule has 0 bridgehead atoms. The molecule has 2 aromatic rings. The van der Waals surface area contributed by atoms with Gasteiger partial charge in [-0.05, 0) is 50.6 Å². The Morgan fingerprint density at radius 2 is 1.68 bits per heavy atom. The number of rotatable bonds is 6. The van der Waals surface area contributed by atoms with Gasteiger partial charge in [0.1, 0.15) is 17.1 Å². The molecule has 0 aliphatic carbocycles. The van der Waals surface area contributed by atoms with Crippen molar-refractivity contribution in [3.8, 4) is 11.5 Å². The van der Waals surface area contributed by atoms with E-state index in [1.165, 1.54) is 14.2 Å². The van der Waals surface area contributed by atoms with E-state index in [4.69, 9.17) is 14.2 Å². The average Bonchev–Trinajstić information content (AvgIpc) is 2.65.